The molecule has 5 nitrogen and oxygen atoms in total. The van der Waals surface area contributed by atoms with E-state index in [1.807, 2.05) is 6.07 Å². The molecule has 2 aromatic rings. The van der Waals surface area contributed by atoms with Crippen LogP contribution in [0.2, 0.25) is 0 Å². The maximum Gasteiger partial charge on any atom is 0.248 e. The number of amides is 2. The summed E-state index contributed by atoms with van der Waals surface area (Å²) in [5.74, 6) is -0.0673. The van der Waals surface area contributed by atoms with Gasteiger partial charge in [-0.05, 0) is 42.9 Å². The molecule has 0 aromatic heterocycles. The number of hydrogen-bond donors (Lipinski definition) is 1. The van der Waals surface area contributed by atoms with Crippen molar-refractivity contribution in [3.8, 4) is 11.1 Å². The Balaban J connectivity index is 1.88. The molecule has 2 amide bonds. The summed E-state index contributed by atoms with van der Waals surface area (Å²) in [6.07, 6.45) is 2.17. The van der Waals surface area contributed by atoms with E-state index in [1.165, 1.54) is 18.2 Å². The number of hydrogen-bond acceptors (Lipinski definition) is 3. The van der Waals surface area contributed by atoms with Gasteiger partial charge in [0.05, 0.1) is 5.41 Å². The zero-order valence-corrected chi connectivity index (χ0v) is 17.5. The topological polar surface area (TPSA) is 58.6 Å². The average Bonchev–Trinajstić information content (AvgIpc) is 2.73. The molecule has 1 heterocycles. The summed E-state index contributed by atoms with van der Waals surface area (Å²) >= 11 is 0. The second kappa shape index (κ2) is 9.23. The van der Waals surface area contributed by atoms with E-state index in [-0.39, 0.29) is 18.4 Å². The van der Waals surface area contributed by atoms with Gasteiger partial charge in [0.1, 0.15) is 6.61 Å². The van der Waals surface area contributed by atoms with E-state index in [9.17, 15) is 9.59 Å². The van der Waals surface area contributed by atoms with Gasteiger partial charge in [0.2, 0.25) is 11.8 Å². The van der Waals surface area contributed by atoms with Crippen molar-refractivity contribution in [3.05, 3.63) is 59.7 Å². The summed E-state index contributed by atoms with van der Waals surface area (Å²) in [6.45, 7) is 3.22. The Morgan fingerprint density at radius 3 is 2.55 bits per heavy atom. The van der Waals surface area contributed by atoms with Crippen LogP contribution in [0.5, 0.6) is 0 Å². The Kier molecular flexibility index (Phi) is 6.70. The molecule has 1 saturated heterocycles. The number of benzene rings is 2. The third-order valence-corrected chi connectivity index (χ3v) is 5.73. The van der Waals surface area contributed by atoms with Crippen LogP contribution in [0.4, 0.5) is 0 Å². The van der Waals surface area contributed by atoms with Crippen LogP contribution in [0, 0.1) is 12.3 Å². The quantitative estimate of drug-likeness (QED) is 0.819. The number of carbonyl (C=O) groups excluding carboxylic acids is 2. The van der Waals surface area contributed by atoms with Crippen LogP contribution in [-0.4, -0.2) is 50.6 Å². The molecule has 0 unspecified atom stereocenters. The maximum atomic E-state index is 12.9. The van der Waals surface area contributed by atoms with Gasteiger partial charge in [0, 0.05) is 27.2 Å². The maximum absolute atomic E-state index is 12.9. The van der Waals surface area contributed by atoms with Crippen molar-refractivity contribution in [1.29, 1.82) is 0 Å². The van der Waals surface area contributed by atoms with Gasteiger partial charge >= 0.3 is 0 Å². The first kappa shape index (κ1) is 21.1. The van der Waals surface area contributed by atoms with E-state index in [4.69, 9.17) is 4.74 Å². The number of nitrogens with zero attached hydrogens (tertiary/aromatic N) is 1. The predicted octanol–water partition coefficient (Wildman–Crippen LogP) is 3.21. The second-order valence-corrected chi connectivity index (χ2v) is 7.96. The van der Waals surface area contributed by atoms with Crippen molar-refractivity contribution in [2.45, 2.75) is 26.2 Å². The number of likely N-dealkylation sites (tertiary alicyclic amines) is 1. The summed E-state index contributed by atoms with van der Waals surface area (Å²) in [5.41, 5.74) is 4.01. The molecule has 1 fully saturated rings. The van der Waals surface area contributed by atoms with Crippen LogP contribution in [0.3, 0.4) is 0 Å². The lowest BCUT2D eigenvalue weighted by Gasteiger charge is -2.41. The fraction of sp³-hybridized carbons (Fsp3) is 0.417. The molecule has 0 saturated carbocycles. The lowest BCUT2D eigenvalue weighted by Crippen LogP contribution is -2.54. The van der Waals surface area contributed by atoms with Crippen molar-refractivity contribution in [3.63, 3.8) is 0 Å². The molecule has 2 aromatic carbocycles. The van der Waals surface area contributed by atoms with Crippen LogP contribution in [-0.2, 0) is 20.7 Å². The Bertz CT molecular complexity index is 880. The number of rotatable bonds is 6. The van der Waals surface area contributed by atoms with E-state index in [1.54, 1.807) is 11.9 Å². The van der Waals surface area contributed by atoms with Gasteiger partial charge in [-0.25, -0.2) is 0 Å². The van der Waals surface area contributed by atoms with Crippen molar-refractivity contribution in [1.82, 2.24) is 10.2 Å². The smallest absolute Gasteiger partial charge is 0.248 e. The van der Waals surface area contributed by atoms with E-state index in [0.717, 1.165) is 24.0 Å². The Labute approximate surface area is 173 Å². The summed E-state index contributed by atoms with van der Waals surface area (Å²) in [5, 5.41) is 2.83. The molecule has 0 aliphatic carbocycles. The minimum Gasteiger partial charge on any atom is -0.375 e. The summed E-state index contributed by atoms with van der Waals surface area (Å²) in [4.78, 5) is 27.1. The molecule has 0 radical (unpaired) electrons. The number of methoxy groups -OCH3 is 1. The molecule has 1 aliphatic heterocycles. The van der Waals surface area contributed by atoms with Gasteiger partial charge < -0.3 is 15.0 Å². The zero-order chi connectivity index (χ0) is 20.9. The number of aryl methyl sites for hydroxylation is 1. The summed E-state index contributed by atoms with van der Waals surface area (Å²) in [6, 6.07) is 16.8. The number of ether oxygens (including phenoxy) is 1. The molecule has 0 bridgehead atoms. The minimum absolute atomic E-state index is 0.00613. The average molecular weight is 395 g/mol. The Hall–Kier alpha value is -2.66. The molecule has 1 aliphatic rings. The molecular formula is C24H30N2O3. The molecule has 1 N–H and O–H groups in total. The van der Waals surface area contributed by atoms with Gasteiger partial charge in [0.15, 0.2) is 0 Å². The molecule has 3 rings (SSSR count). The standard InChI is InChI=1S/C24H30N2O3/c1-18-7-4-9-20(13-18)21-10-5-8-19(14-21)15-24(23(28)25-2)11-6-12-26(17-24)22(27)16-29-3/h4-5,7-10,13-14H,6,11-12,15-17H2,1-3H3,(H,25,28)/t24-/m0/s1. The van der Waals surface area contributed by atoms with Crippen LogP contribution >= 0.6 is 0 Å². The first-order valence-electron chi connectivity index (χ1n) is 10.1. The van der Waals surface area contributed by atoms with Crippen molar-refractivity contribution in [2.24, 2.45) is 5.41 Å². The van der Waals surface area contributed by atoms with Gasteiger partial charge in [-0.15, -0.1) is 0 Å². The van der Waals surface area contributed by atoms with E-state index < -0.39 is 5.41 Å². The minimum atomic E-state index is -0.623. The largest absolute Gasteiger partial charge is 0.375 e. The van der Waals surface area contributed by atoms with Crippen molar-refractivity contribution in [2.75, 3.05) is 33.9 Å². The van der Waals surface area contributed by atoms with Gasteiger partial charge in [-0.2, -0.15) is 0 Å². The van der Waals surface area contributed by atoms with Gasteiger partial charge in [0.25, 0.3) is 0 Å². The van der Waals surface area contributed by atoms with Crippen LogP contribution in [0.15, 0.2) is 48.5 Å². The van der Waals surface area contributed by atoms with Crippen LogP contribution in [0.1, 0.15) is 24.0 Å². The van der Waals surface area contributed by atoms with E-state index in [0.29, 0.717) is 19.5 Å². The Morgan fingerprint density at radius 2 is 1.86 bits per heavy atom. The van der Waals surface area contributed by atoms with Gasteiger partial charge in [-0.3, -0.25) is 9.59 Å². The molecule has 0 spiro atoms. The predicted molar refractivity (Wildman–Crippen MR) is 115 cm³/mol. The molecule has 5 heteroatoms. The number of carbonyl (C=O) groups is 2. The second-order valence-electron chi connectivity index (χ2n) is 7.96. The summed E-state index contributed by atoms with van der Waals surface area (Å²) < 4.78 is 5.01. The van der Waals surface area contributed by atoms with Gasteiger partial charge in [-0.1, -0.05) is 54.1 Å². The highest BCUT2D eigenvalue weighted by atomic mass is 16.5. The number of piperidine rings is 1. The highest BCUT2D eigenvalue weighted by Gasteiger charge is 2.43. The Morgan fingerprint density at radius 1 is 1.14 bits per heavy atom. The first-order chi connectivity index (χ1) is 14.0. The fourth-order valence-electron chi connectivity index (χ4n) is 4.31. The van der Waals surface area contributed by atoms with Crippen LogP contribution < -0.4 is 5.32 Å². The summed E-state index contributed by atoms with van der Waals surface area (Å²) in [7, 11) is 3.19. The normalized spacial score (nSPS) is 19.1. The SMILES string of the molecule is CNC(=O)[C@]1(Cc2cccc(-c3cccc(C)c3)c2)CCCN(C(=O)COC)C1. The molecule has 154 valence electrons. The van der Waals surface area contributed by atoms with E-state index >= 15 is 0 Å². The molecule has 29 heavy (non-hydrogen) atoms. The van der Waals surface area contributed by atoms with Crippen molar-refractivity contribution >= 4 is 11.8 Å². The van der Waals surface area contributed by atoms with Crippen molar-refractivity contribution < 1.29 is 14.3 Å². The monoisotopic (exact) mass is 394 g/mol. The lowest BCUT2D eigenvalue weighted by molar-refractivity contribution is -0.143. The fourth-order valence-corrected chi connectivity index (χ4v) is 4.31. The number of nitrogens with one attached hydrogen (secondary N) is 1. The zero-order valence-electron chi connectivity index (χ0n) is 17.5. The highest BCUT2D eigenvalue weighted by Crippen LogP contribution is 2.35. The highest BCUT2D eigenvalue weighted by molar-refractivity contribution is 5.85. The van der Waals surface area contributed by atoms with E-state index in [2.05, 4.69) is 54.7 Å². The third kappa shape index (κ3) is 4.85. The lowest BCUT2D eigenvalue weighted by atomic mass is 9.74. The van der Waals surface area contributed by atoms with Crippen LogP contribution in [0.25, 0.3) is 11.1 Å². The first-order valence-corrected chi connectivity index (χ1v) is 10.1. The molecular weight excluding hydrogens is 364 g/mol. The molecule has 1 atom stereocenters. The third-order valence-electron chi connectivity index (χ3n) is 5.73.